The van der Waals surface area contributed by atoms with Crippen LogP contribution < -0.4 is 5.32 Å². The molecule has 2 aliphatic heterocycles. The minimum Gasteiger partial charge on any atom is -0.361 e. The minimum absolute atomic E-state index is 0.861. The molecule has 0 fully saturated rings. The van der Waals surface area contributed by atoms with Crippen LogP contribution in [0.4, 0.5) is 11.4 Å². The Morgan fingerprint density at radius 1 is 0.825 bits per heavy atom. The number of amidine groups is 1. The topological polar surface area (TPSA) is 62.5 Å². The zero-order chi connectivity index (χ0) is 27.1. The summed E-state index contributed by atoms with van der Waals surface area (Å²) in [7, 11) is 4.35. The first-order chi connectivity index (χ1) is 19.6. The number of nitrogens with one attached hydrogen (secondary N) is 3. The number of nitrogens with zero attached hydrogens (tertiary/aromatic N) is 3. The van der Waals surface area contributed by atoms with E-state index in [0.717, 1.165) is 72.1 Å². The summed E-state index contributed by atoms with van der Waals surface area (Å²) < 4.78 is 0. The van der Waals surface area contributed by atoms with Crippen molar-refractivity contribution in [3.8, 4) is 0 Å². The molecular weight excluding hydrogens is 512 g/mol. The van der Waals surface area contributed by atoms with E-state index in [1.54, 1.807) is 11.3 Å². The van der Waals surface area contributed by atoms with Crippen molar-refractivity contribution in [2.24, 2.45) is 4.99 Å². The Balaban J connectivity index is 1.24. The largest absolute Gasteiger partial charge is 0.361 e. The number of likely N-dealkylation sites (N-methyl/N-ethyl adjacent to an activating group) is 2. The Kier molecular flexibility index (Phi) is 6.63. The van der Waals surface area contributed by atoms with Crippen molar-refractivity contribution in [2.45, 2.75) is 12.8 Å². The fourth-order valence-corrected chi connectivity index (χ4v) is 6.43. The molecule has 0 saturated heterocycles. The highest BCUT2D eigenvalue weighted by molar-refractivity contribution is 7.12. The maximum Gasteiger partial charge on any atom is 0.148 e. The molecule has 0 aliphatic carbocycles. The second-order valence-electron chi connectivity index (χ2n) is 10.9. The van der Waals surface area contributed by atoms with Crippen LogP contribution in [0, 0.1) is 0 Å². The van der Waals surface area contributed by atoms with Crippen molar-refractivity contribution in [1.82, 2.24) is 19.8 Å². The predicted octanol–water partition coefficient (Wildman–Crippen LogP) is 7.34. The first-order valence-corrected chi connectivity index (χ1v) is 14.9. The van der Waals surface area contributed by atoms with Crippen LogP contribution in [0.25, 0.3) is 33.0 Å². The van der Waals surface area contributed by atoms with Crippen LogP contribution in [0.1, 0.15) is 28.8 Å². The Morgan fingerprint density at radius 2 is 1.48 bits per heavy atom. The lowest BCUT2D eigenvalue weighted by Crippen LogP contribution is -2.23. The molecule has 6 nitrogen and oxygen atoms in total. The average molecular weight is 547 g/mol. The summed E-state index contributed by atoms with van der Waals surface area (Å²) in [5.41, 5.74) is 9.71. The van der Waals surface area contributed by atoms with Crippen LogP contribution in [0.5, 0.6) is 0 Å². The van der Waals surface area contributed by atoms with Gasteiger partial charge in [-0.1, -0.05) is 18.2 Å². The maximum absolute atomic E-state index is 5.16. The third-order valence-corrected chi connectivity index (χ3v) is 9.00. The van der Waals surface area contributed by atoms with Gasteiger partial charge in [-0.2, -0.15) is 0 Å². The van der Waals surface area contributed by atoms with Crippen molar-refractivity contribution in [3.05, 3.63) is 94.5 Å². The van der Waals surface area contributed by atoms with Crippen molar-refractivity contribution >= 4 is 61.5 Å². The van der Waals surface area contributed by atoms with Crippen molar-refractivity contribution in [1.29, 1.82) is 0 Å². The lowest BCUT2D eigenvalue weighted by molar-refractivity contribution is 0.370. The summed E-state index contributed by atoms with van der Waals surface area (Å²) in [4.78, 5) is 17.9. The quantitative estimate of drug-likeness (QED) is 0.160. The van der Waals surface area contributed by atoms with Gasteiger partial charge in [0.15, 0.2) is 0 Å². The van der Waals surface area contributed by atoms with Crippen LogP contribution in [0.2, 0.25) is 0 Å². The fourth-order valence-electron chi connectivity index (χ4n) is 5.76. The van der Waals surface area contributed by atoms with E-state index in [0.29, 0.717) is 0 Å². The highest BCUT2D eigenvalue weighted by Crippen LogP contribution is 2.33. The number of aromatic nitrogens is 2. The molecule has 0 atom stereocenters. The molecule has 3 N–H and O–H groups in total. The van der Waals surface area contributed by atoms with Crippen molar-refractivity contribution in [2.75, 3.05) is 45.6 Å². The normalized spacial score (nSPS) is 17.4. The van der Waals surface area contributed by atoms with Gasteiger partial charge in [-0.15, -0.1) is 11.3 Å². The monoisotopic (exact) mass is 546 g/mol. The standard InChI is InChI=1S/C33H34N6S/c1-38-13-9-22(10-14-38)28-20-34-30-7-5-24(18-26(28)30)36-33(32-4-3-17-40-32)37-25-6-8-31-27(19-25)29(21-35-31)23-11-15-39(2)16-12-23/h3-9,11,17-21,34-35H,10,12-16H2,1-2H3,(H,36,37). The molecule has 40 heavy (non-hydrogen) atoms. The van der Waals surface area contributed by atoms with Crippen molar-refractivity contribution in [3.63, 3.8) is 0 Å². The molecule has 5 heterocycles. The van der Waals surface area contributed by atoms with E-state index in [2.05, 4.69) is 118 Å². The lowest BCUT2D eigenvalue weighted by Gasteiger charge is -2.21. The van der Waals surface area contributed by atoms with E-state index in [4.69, 9.17) is 4.99 Å². The fraction of sp³-hybridized carbons (Fsp3) is 0.242. The van der Waals surface area contributed by atoms with Gasteiger partial charge in [-0.3, -0.25) is 0 Å². The molecule has 3 aromatic heterocycles. The Hall–Kier alpha value is -3.91. The highest BCUT2D eigenvalue weighted by Gasteiger charge is 2.16. The molecule has 7 heteroatoms. The second-order valence-corrected chi connectivity index (χ2v) is 11.9. The van der Waals surface area contributed by atoms with E-state index < -0.39 is 0 Å². The van der Waals surface area contributed by atoms with E-state index in [1.165, 1.54) is 33.0 Å². The van der Waals surface area contributed by atoms with Crippen LogP contribution in [-0.2, 0) is 0 Å². The number of hydrogen-bond acceptors (Lipinski definition) is 4. The van der Waals surface area contributed by atoms with Crippen LogP contribution in [-0.4, -0.2) is 65.9 Å². The number of benzene rings is 2. The zero-order valence-electron chi connectivity index (χ0n) is 23.0. The van der Waals surface area contributed by atoms with Gasteiger partial charge in [0, 0.05) is 77.2 Å². The van der Waals surface area contributed by atoms with E-state index in [1.807, 2.05) is 0 Å². The number of rotatable bonds is 5. The van der Waals surface area contributed by atoms with Gasteiger partial charge in [0.05, 0.1) is 10.6 Å². The molecule has 202 valence electrons. The predicted molar refractivity (Wildman–Crippen MR) is 171 cm³/mol. The van der Waals surface area contributed by atoms with Gasteiger partial charge >= 0.3 is 0 Å². The molecule has 0 amide bonds. The highest BCUT2D eigenvalue weighted by atomic mass is 32.1. The summed E-state index contributed by atoms with van der Waals surface area (Å²) in [6.45, 7) is 4.17. The molecule has 7 rings (SSSR count). The van der Waals surface area contributed by atoms with Gasteiger partial charge in [0.25, 0.3) is 0 Å². The molecule has 0 saturated carbocycles. The number of fused-ring (bicyclic) bond motifs is 2. The smallest absolute Gasteiger partial charge is 0.148 e. The van der Waals surface area contributed by atoms with Gasteiger partial charge in [-0.05, 0) is 85.9 Å². The molecule has 2 aliphatic rings. The Labute approximate surface area is 238 Å². The van der Waals surface area contributed by atoms with Crippen molar-refractivity contribution < 1.29 is 0 Å². The molecule has 0 bridgehead atoms. The first kappa shape index (κ1) is 25.1. The summed E-state index contributed by atoms with van der Waals surface area (Å²) in [5, 5.41) is 8.25. The molecule has 0 spiro atoms. The average Bonchev–Trinajstić information content (AvgIpc) is 3.74. The summed E-state index contributed by atoms with van der Waals surface area (Å²) in [5.74, 6) is 0.861. The number of anilines is 1. The first-order valence-electron chi connectivity index (χ1n) is 14.0. The minimum atomic E-state index is 0.861. The van der Waals surface area contributed by atoms with Crippen LogP contribution in [0.15, 0.2) is 83.4 Å². The summed E-state index contributed by atoms with van der Waals surface area (Å²) >= 11 is 1.70. The van der Waals surface area contributed by atoms with Gasteiger partial charge < -0.3 is 25.1 Å². The Morgan fingerprint density at radius 3 is 2.08 bits per heavy atom. The van der Waals surface area contributed by atoms with E-state index in [-0.39, 0.29) is 0 Å². The van der Waals surface area contributed by atoms with Gasteiger partial charge in [0.1, 0.15) is 5.84 Å². The zero-order valence-corrected chi connectivity index (χ0v) is 23.8. The number of thiophene rings is 1. The third-order valence-electron chi connectivity index (χ3n) is 8.12. The van der Waals surface area contributed by atoms with E-state index >= 15 is 0 Å². The molecule has 5 aromatic rings. The molecule has 2 aromatic carbocycles. The molecule has 0 unspecified atom stereocenters. The third kappa shape index (κ3) is 4.92. The number of aromatic amines is 2. The number of H-pyrrole nitrogens is 2. The van der Waals surface area contributed by atoms with E-state index in [9.17, 15) is 0 Å². The summed E-state index contributed by atoms with van der Waals surface area (Å²) in [6.07, 6.45) is 11.2. The van der Waals surface area contributed by atoms with Crippen LogP contribution >= 0.6 is 11.3 Å². The number of aliphatic imine (C=N–C) groups is 1. The van der Waals surface area contributed by atoms with Crippen LogP contribution in [0.3, 0.4) is 0 Å². The molecule has 0 radical (unpaired) electrons. The maximum atomic E-state index is 5.16. The second kappa shape index (κ2) is 10.6. The summed E-state index contributed by atoms with van der Waals surface area (Å²) in [6, 6.07) is 17.2. The van der Waals surface area contributed by atoms with Gasteiger partial charge in [-0.25, -0.2) is 4.99 Å². The lowest BCUT2D eigenvalue weighted by atomic mass is 9.99. The SMILES string of the molecule is CN1CC=C(c2c[nH]c3ccc(N=C(Nc4ccc5[nH]cc(C6=CCN(C)CC6)c5c4)c4cccs4)cc23)CC1. The number of hydrogen-bond donors (Lipinski definition) is 3. The van der Waals surface area contributed by atoms with Gasteiger partial charge in [0.2, 0.25) is 0 Å². The molecular formula is C33H34N6S. The Bertz CT molecular complexity index is 1770.